The lowest BCUT2D eigenvalue weighted by Crippen LogP contribution is -2.34. The van der Waals surface area contributed by atoms with Gasteiger partial charge < -0.3 is 25.2 Å². The van der Waals surface area contributed by atoms with Crippen molar-refractivity contribution in [2.45, 2.75) is 142 Å². The van der Waals surface area contributed by atoms with E-state index in [4.69, 9.17) is 24.8 Å². The van der Waals surface area contributed by atoms with E-state index in [0.717, 1.165) is 83.5 Å². The summed E-state index contributed by atoms with van der Waals surface area (Å²) in [5.74, 6) is -2.53. The number of aliphatic carboxylic acids is 1. The predicted octanol–water partition coefficient (Wildman–Crippen LogP) is 11.1. The van der Waals surface area contributed by atoms with E-state index in [2.05, 4.69) is 110 Å². The summed E-state index contributed by atoms with van der Waals surface area (Å²) in [6, 6.07) is -1.54. The van der Waals surface area contributed by atoms with Gasteiger partial charge in [0.25, 0.3) is 0 Å². The fraction of sp³-hybridized carbons (Fsp3) is 0.543. The Balaban J connectivity index is 4.57. The van der Waals surface area contributed by atoms with E-state index in [1.54, 1.807) is 0 Å². The number of unbranched alkanes of at least 4 members (excludes halogenated alkanes) is 5. The number of carboxylic acid groups (broad SMARTS) is 1. The van der Waals surface area contributed by atoms with E-state index in [9.17, 15) is 23.8 Å². The van der Waals surface area contributed by atoms with Crippen LogP contribution in [0.3, 0.4) is 0 Å². The summed E-state index contributed by atoms with van der Waals surface area (Å²) >= 11 is 0. The quantitative estimate of drug-likeness (QED) is 0.0235. The number of nitrogens with two attached hydrogens (primary N) is 1. The molecule has 0 aromatic carbocycles. The van der Waals surface area contributed by atoms with E-state index in [-0.39, 0.29) is 12.8 Å². The molecule has 0 aromatic heterocycles. The van der Waals surface area contributed by atoms with Crippen molar-refractivity contribution < 1.29 is 47.5 Å². The highest BCUT2D eigenvalue weighted by Crippen LogP contribution is 2.43. The molecule has 0 spiro atoms. The first-order chi connectivity index (χ1) is 28.1. The smallest absolute Gasteiger partial charge is 0.472 e. The van der Waals surface area contributed by atoms with Crippen molar-refractivity contribution in [3.8, 4) is 0 Å². The Morgan fingerprint density at radius 3 is 1.43 bits per heavy atom. The second-order valence-electron chi connectivity index (χ2n) is 13.4. The van der Waals surface area contributed by atoms with Crippen LogP contribution in [0.1, 0.15) is 129 Å². The predicted molar refractivity (Wildman–Crippen MR) is 235 cm³/mol. The molecule has 0 amide bonds. The molecule has 0 radical (unpaired) electrons. The molecule has 1 unspecified atom stereocenters. The summed E-state index contributed by atoms with van der Waals surface area (Å²) < 4.78 is 32.6. The maximum atomic E-state index is 12.6. The zero-order valence-electron chi connectivity index (χ0n) is 35.1. The summed E-state index contributed by atoms with van der Waals surface area (Å²) in [6.07, 6.45) is 51.7. The molecule has 0 bridgehead atoms. The monoisotopic (exact) mass is 829 g/mol. The fourth-order valence-corrected chi connectivity index (χ4v) is 5.59. The number of allylic oxidation sites excluding steroid dienone is 18. The molecule has 4 N–H and O–H groups in total. The first-order valence-corrected chi connectivity index (χ1v) is 22.4. The number of phosphoric acid groups is 1. The standard InChI is InChI=1S/C46H72NO10P/c1-3-5-7-9-11-13-15-17-19-20-21-22-24-26-28-30-32-34-36-38-45(49)57-42(40-55-58(52,53)56-41-43(47)46(50)51)39-54-44(48)37-35-33-31-29-27-25-23-18-16-14-12-10-8-6-4-2/h5-8,11-14,17-19,21-23,26,28,32,34,42-43H,3-4,9-10,15-16,20,24-25,27,29-31,33,35-41,47H2,1-2H3,(H,50,51)(H,52,53)/t42-,43+/m1/s1. The van der Waals surface area contributed by atoms with Crippen LogP contribution in [0.4, 0.5) is 0 Å². The number of phosphoric ester groups is 1. The molecule has 0 rings (SSSR count). The van der Waals surface area contributed by atoms with Gasteiger partial charge in [0.05, 0.1) is 13.2 Å². The lowest BCUT2D eigenvalue weighted by atomic mass is 10.1. The van der Waals surface area contributed by atoms with Gasteiger partial charge in [0.15, 0.2) is 6.10 Å². The second-order valence-corrected chi connectivity index (χ2v) is 14.8. The molecule has 0 aliphatic carbocycles. The van der Waals surface area contributed by atoms with Crippen molar-refractivity contribution in [1.29, 1.82) is 0 Å². The Morgan fingerprint density at radius 1 is 0.534 bits per heavy atom. The number of carboxylic acids is 1. The van der Waals surface area contributed by atoms with Gasteiger partial charge in [-0.25, -0.2) is 4.57 Å². The Labute approximate surface area is 348 Å². The van der Waals surface area contributed by atoms with Gasteiger partial charge in [-0.2, -0.15) is 0 Å². The maximum absolute atomic E-state index is 12.6. The number of rotatable bonds is 37. The minimum absolute atomic E-state index is 0.0249. The lowest BCUT2D eigenvalue weighted by Gasteiger charge is -2.20. The highest BCUT2D eigenvalue weighted by molar-refractivity contribution is 7.47. The average Bonchev–Trinajstić information content (AvgIpc) is 3.20. The SMILES string of the molecule is CCC=CCC=CCC=CCC=CCC=CCC=CCCC(=O)O[C@H](COC(=O)CCCCCCCC=CCC=CCC=CCC)COP(=O)(O)OC[C@H](N)C(=O)O. The molecule has 326 valence electrons. The molecule has 0 aliphatic rings. The topological polar surface area (TPSA) is 172 Å². The van der Waals surface area contributed by atoms with Crippen LogP contribution in [0.15, 0.2) is 109 Å². The highest BCUT2D eigenvalue weighted by Gasteiger charge is 2.28. The summed E-state index contributed by atoms with van der Waals surface area (Å²) in [7, 11) is -4.75. The molecule has 12 heteroatoms. The van der Waals surface area contributed by atoms with Crippen molar-refractivity contribution >= 4 is 25.7 Å². The van der Waals surface area contributed by atoms with Crippen molar-refractivity contribution in [2.24, 2.45) is 5.73 Å². The van der Waals surface area contributed by atoms with Crippen LogP contribution in [0.2, 0.25) is 0 Å². The van der Waals surface area contributed by atoms with E-state index < -0.39 is 57.7 Å². The first kappa shape index (κ1) is 54.1. The first-order valence-electron chi connectivity index (χ1n) is 20.9. The Morgan fingerprint density at radius 2 is 0.948 bits per heavy atom. The van der Waals surface area contributed by atoms with Gasteiger partial charge in [-0.05, 0) is 83.5 Å². The number of carbonyl (C=O) groups is 3. The summed E-state index contributed by atoms with van der Waals surface area (Å²) in [6.45, 7) is 2.45. The fourth-order valence-electron chi connectivity index (χ4n) is 4.81. The molecule has 0 aromatic rings. The van der Waals surface area contributed by atoms with Gasteiger partial charge in [0.2, 0.25) is 0 Å². The van der Waals surface area contributed by atoms with Gasteiger partial charge in [0.1, 0.15) is 12.6 Å². The maximum Gasteiger partial charge on any atom is 0.472 e. The van der Waals surface area contributed by atoms with Crippen LogP contribution < -0.4 is 5.73 Å². The third-order valence-electron chi connectivity index (χ3n) is 8.03. The van der Waals surface area contributed by atoms with Crippen LogP contribution in [0, 0.1) is 0 Å². The number of hydrogen-bond acceptors (Lipinski definition) is 9. The third kappa shape index (κ3) is 39.0. The van der Waals surface area contributed by atoms with Crippen molar-refractivity contribution in [3.63, 3.8) is 0 Å². The minimum atomic E-state index is -4.75. The van der Waals surface area contributed by atoms with Crippen molar-refractivity contribution in [1.82, 2.24) is 0 Å². The van der Waals surface area contributed by atoms with Gasteiger partial charge in [0, 0.05) is 12.8 Å². The van der Waals surface area contributed by atoms with E-state index in [1.807, 2.05) is 18.2 Å². The number of hydrogen-bond donors (Lipinski definition) is 3. The van der Waals surface area contributed by atoms with Crippen LogP contribution >= 0.6 is 7.82 Å². The van der Waals surface area contributed by atoms with Crippen molar-refractivity contribution in [2.75, 3.05) is 19.8 Å². The van der Waals surface area contributed by atoms with Gasteiger partial charge in [-0.1, -0.05) is 142 Å². The van der Waals surface area contributed by atoms with E-state index in [0.29, 0.717) is 19.3 Å². The largest absolute Gasteiger partial charge is 0.480 e. The van der Waals surface area contributed by atoms with Crippen LogP contribution in [-0.4, -0.2) is 59.9 Å². The number of ether oxygens (including phenoxy) is 2. The summed E-state index contributed by atoms with van der Waals surface area (Å²) in [5, 5.41) is 8.88. The average molecular weight is 830 g/mol. The Kier molecular flexibility index (Phi) is 37.3. The molecule has 0 aliphatic heterocycles. The molecular formula is C46H72NO10P. The number of carbonyl (C=O) groups excluding carboxylic acids is 2. The molecular weight excluding hydrogens is 757 g/mol. The van der Waals surface area contributed by atoms with Crippen LogP contribution in [-0.2, 0) is 37.5 Å². The van der Waals surface area contributed by atoms with Gasteiger partial charge >= 0.3 is 25.7 Å². The third-order valence-corrected chi connectivity index (χ3v) is 8.98. The van der Waals surface area contributed by atoms with Crippen LogP contribution in [0.5, 0.6) is 0 Å². The summed E-state index contributed by atoms with van der Waals surface area (Å²) in [4.78, 5) is 45.9. The molecule has 11 nitrogen and oxygen atoms in total. The molecule has 0 saturated carbocycles. The normalized spacial score (nSPS) is 14.8. The molecule has 0 fully saturated rings. The van der Waals surface area contributed by atoms with Crippen LogP contribution in [0.25, 0.3) is 0 Å². The molecule has 0 saturated heterocycles. The molecule has 3 atom stereocenters. The molecule has 0 heterocycles. The Bertz CT molecular complexity index is 1390. The van der Waals surface area contributed by atoms with Gasteiger partial charge in [-0.3, -0.25) is 23.4 Å². The summed E-state index contributed by atoms with van der Waals surface area (Å²) in [5.41, 5.74) is 5.32. The second kappa shape index (κ2) is 39.9. The van der Waals surface area contributed by atoms with E-state index >= 15 is 0 Å². The van der Waals surface area contributed by atoms with E-state index in [1.165, 1.54) is 0 Å². The zero-order chi connectivity index (χ0) is 42.8. The van der Waals surface area contributed by atoms with Gasteiger partial charge in [-0.15, -0.1) is 0 Å². The zero-order valence-corrected chi connectivity index (χ0v) is 36.0. The Hall–Kier alpha value is -3.86. The lowest BCUT2D eigenvalue weighted by molar-refractivity contribution is -0.161. The number of esters is 2. The highest BCUT2D eigenvalue weighted by atomic mass is 31.2. The van der Waals surface area contributed by atoms with Crippen molar-refractivity contribution in [3.05, 3.63) is 109 Å². The minimum Gasteiger partial charge on any atom is -0.480 e. The molecule has 58 heavy (non-hydrogen) atoms.